The van der Waals surface area contributed by atoms with Gasteiger partial charge in [0.25, 0.3) is 0 Å². The molecular formula is C20H25NO2. The molecule has 0 aliphatic rings. The number of rotatable bonds is 9. The zero-order chi connectivity index (χ0) is 16.5. The van der Waals surface area contributed by atoms with Crippen molar-refractivity contribution in [2.45, 2.75) is 31.6 Å². The fourth-order valence-electron chi connectivity index (χ4n) is 3.10. The Morgan fingerprint density at radius 3 is 1.83 bits per heavy atom. The maximum atomic E-state index is 11.9. The highest BCUT2D eigenvalue weighted by Crippen LogP contribution is 2.35. The molecule has 0 amide bonds. The van der Waals surface area contributed by atoms with Crippen LogP contribution in [0.3, 0.4) is 0 Å². The van der Waals surface area contributed by atoms with Crippen LogP contribution in [0.2, 0.25) is 0 Å². The standard InChI is InChI=1S/C20H25NO2/c21-15-9-3-8-14-18(20(22)23)19(16-10-4-1-5-11-16)17-12-6-2-7-13-17/h1-2,4-7,10-13,18-19H,3,8-9,14-15,21H2,(H,22,23)/t18-/m0/s1. The molecule has 0 aliphatic carbocycles. The normalized spacial score (nSPS) is 12.3. The second-order valence-electron chi connectivity index (χ2n) is 5.88. The smallest absolute Gasteiger partial charge is 0.307 e. The zero-order valence-corrected chi connectivity index (χ0v) is 13.4. The van der Waals surface area contributed by atoms with Gasteiger partial charge in [-0.25, -0.2) is 0 Å². The van der Waals surface area contributed by atoms with Crippen LogP contribution in [0.15, 0.2) is 60.7 Å². The predicted octanol–water partition coefficient (Wildman–Crippen LogP) is 4.04. The first-order chi connectivity index (χ1) is 11.2. The van der Waals surface area contributed by atoms with E-state index < -0.39 is 11.9 Å². The van der Waals surface area contributed by atoms with Crippen LogP contribution in [-0.2, 0) is 4.79 Å². The van der Waals surface area contributed by atoms with Crippen molar-refractivity contribution in [2.75, 3.05) is 6.54 Å². The summed E-state index contributed by atoms with van der Waals surface area (Å²) >= 11 is 0. The molecule has 0 unspecified atom stereocenters. The summed E-state index contributed by atoms with van der Waals surface area (Å²) in [7, 11) is 0. The Balaban J connectivity index is 2.28. The highest BCUT2D eigenvalue weighted by atomic mass is 16.4. The van der Waals surface area contributed by atoms with E-state index >= 15 is 0 Å². The molecule has 122 valence electrons. The van der Waals surface area contributed by atoms with Crippen molar-refractivity contribution in [1.82, 2.24) is 0 Å². The fourth-order valence-corrected chi connectivity index (χ4v) is 3.10. The minimum Gasteiger partial charge on any atom is -0.481 e. The third-order valence-electron chi connectivity index (χ3n) is 4.26. The van der Waals surface area contributed by atoms with Crippen LogP contribution in [-0.4, -0.2) is 17.6 Å². The number of carboxylic acids is 1. The van der Waals surface area contributed by atoms with Crippen molar-refractivity contribution in [1.29, 1.82) is 0 Å². The van der Waals surface area contributed by atoms with Gasteiger partial charge in [-0.15, -0.1) is 0 Å². The molecule has 0 saturated heterocycles. The van der Waals surface area contributed by atoms with E-state index in [9.17, 15) is 9.90 Å². The number of benzene rings is 2. The number of nitrogens with two attached hydrogens (primary N) is 1. The van der Waals surface area contributed by atoms with Gasteiger partial charge in [-0.1, -0.05) is 73.5 Å². The number of aliphatic carboxylic acids is 1. The van der Waals surface area contributed by atoms with Gasteiger partial charge in [-0.3, -0.25) is 4.79 Å². The summed E-state index contributed by atoms with van der Waals surface area (Å²) in [5, 5.41) is 9.80. The molecule has 0 heterocycles. The first kappa shape index (κ1) is 17.2. The fraction of sp³-hybridized carbons (Fsp3) is 0.350. The summed E-state index contributed by atoms with van der Waals surface area (Å²) < 4.78 is 0. The molecule has 3 N–H and O–H groups in total. The molecule has 0 aliphatic heterocycles. The highest BCUT2D eigenvalue weighted by Gasteiger charge is 2.30. The summed E-state index contributed by atoms with van der Waals surface area (Å²) in [6.07, 6.45) is 3.50. The van der Waals surface area contributed by atoms with Crippen molar-refractivity contribution in [3.63, 3.8) is 0 Å². The average Bonchev–Trinajstić information content (AvgIpc) is 2.59. The van der Waals surface area contributed by atoms with Crippen LogP contribution >= 0.6 is 0 Å². The van der Waals surface area contributed by atoms with Crippen molar-refractivity contribution in [2.24, 2.45) is 11.7 Å². The molecule has 2 aromatic rings. The summed E-state index contributed by atoms with van der Waals surface area (Å²) in [5.41, 5.74) is 7.65. The Hall–Kier alpha value is -2.13. The molecule has 2 aromatic carbocycles. The van der Waals surface area contributed by atoms with Gasteiger partial charge >= 0.3 is 5.97 Å². The van der Waals surface area contributed by atoms with Gasteiger partial charge < -0.3 is 10.8 Å². The number of hydrogen-bond acceptors (Lipinski definition) is 2. The van der Waals surface area contributed by atoms with Gasteiger partial charge in [0, 0.05) is 5.92 Å². The second kappa shape index (κ2) is 9.11. The van der Waals surface area contributed by atoms with Crippen molar-refractivity contribution < 1.29 is 9.90 Å². The van der Waals surface area contributed by atoms with Crippen LogP contribution < -0.4 is 5.73 Å². The number of unbranched alkanes of at least 4 members (excludes halogenated alkanes) is 2. The predicted molar refractivity (Wildman–Crippen MR) is 93.4 cm³/mol. The van der Waals surface area contributed by atoms with Crippen LogP contribution in [0.25, 0.3) is 0 Å². The van der Waals surface area contributed by atoms with E-state index in [4.69, 9.17) is 5.73 Å². The summed E-state index contributed by atoms with van der Waals surface area (Å²) in [6, 6.07) is 19.9. The molecule has 0 radical (unpaired) electrons. The molecule has 0 aromatic heterocycles. The molecule has 0 spiro atoms. The first-order valence-electron chi connectivity index (χ1n) is 8.26. The Labute approximate surface area is 138 Å². The minimum atomic E-state index is -0.726. The van der Waals surface area contributed by atoms with Gasteiger partial charge in [0.2, 0.25) is 0 Å². The van der Waals surface area contributed by atoms with E-state index in [-0.39, 0.29) is 5.92 Å². The van der Waals surface area contributed by atoms with Gasteiger partial charge in [0.05, 0.1) is 5.92 Å². The molecule has 1 atom stereocenters. The van der Waals surface area contributed by atoms with E-state index in [1.54, 1.807) is 0 Å². The largest absolute Gasteiger partial charge is 0.481 e. The van der Waals surface area contributed by atoms with Crippen molar-refractivity contribution >= 4 is 5.97 Å². The average molecular weight is 311 g/mol. The zero-order valence-electron chi connectivity index (χ0n) is 13.4. The lowest BCUT2D eigenvalue weighted by Gasteiger charge is -2.25. The minimum absolute atomic E-state index is 0.118. The third-order valence-corrected chi connectivity index (χ3v) is 4.26. The van der Waals surface area contributed by atoms with E-state index in [1.165, 1.54) is 0 Å². The van der Waals surface area contributed by atoms with Gasteiger partial charge in [-0.05, 0) is 30.5 Å². The quantitative estimate of drug-likeness (QED) is 0.687. The summed E-state index contributed by atoms with van der Waals surface area (Å²) in [6.45, 7) is 0.665. The lowest BCUT2D eigenvalue weighted by molar-refractivity contribution is -0.142. The topological polar surface area (TPSA) is 63.3 Å². The Kier molecular flexibility index (Phi) is 6.82. The van der Waals surface area contributed by atoms with Crippen LogP contribution in [0.5, 0.6) is 0 Å². The molecular weight excluding hydrogens is 286 g/mol. The number of carbonyl (C=O) groups is 1. The van der Waals surface area contributed by atoms with Gasteiger partial charge in [-0.2, -0.15) is 0 Å². The van der Waals surface area contributed by atoms with Crippen molar-refractivity contribution in [3.8, 4) is 0 Å². The lowest BCUT2D eigenvalue weighted by Crippen LogP contribution is -2.23. The summed E-state index contributed by atoms with van der Waals surface area (Å²) in [5.74, 6) is -1.26. The Morgan fingerprint density at radius 2 is 1.39 bits per heavy atom. The molecule has 23 heavy (non-hydrogen) atoms. The van der Waals surface area contributed by atoms with Gasteiger partial charge in [0.15, 0.2) is 0 Å². The molecule has 3 nitrogen and oxygen atoms in total. The van der Waals surface area contributed by atoms with Crippen LogP contribution in [0.4, 0.5) is 0 Å². The molecule has 3 heteroatoms. The highest BCUT2D eigenvalue weighted by molar-refractivity contribution is 5.72. The Bertz CT molecular complexity index is 544. The van der Waals surface area contributed by atoms with E-state index in [1.807, 2.05) is 60.7 Å². The first-order valence-corrected chi connectivity index (χ1v) is 8.26. The van der Waals surface area contributed by atoms with E-state index in [2.05, 4.69) is 0 Å². The third kappa shape index (κ3) is 4.93. The maximum Gasteiger partial charge on any atom is 0.307 e. The van der Waals surface area contributed by atoms with Crippen LogP contribution in [0.1, 0.15) is 42.7 Å². The number of hydrogen-bond donors (Lipinski definition) is 2. The lowest BCUT2D eigenvalue weighted by atomic mass is 9.78. The second-order valence-corrected chi connectivity index (χ2v) is 5.88. The maximum absolute atomic E-state index is 11.9. The SMILES string of the molecule is NCCCCC[C@H](C(=O)O)C(c1ccccc1)c1ccccc1. The molecule has 0 bridgehead atoms. The van der Waals surface area contributed by atoms with E-state index in [0.717, 1.165) is 30.4 Å². The van der Waals surface area contributed by atoms with Crippen LogP contribution in [0, 0.1) is 5.92 Å². The summed E-state index contributed by atoms with van der Waals surface area (Å²) in [4.78, 5) is 11.9. The van der Waals surface area contributed by atoms with Gasteiger partial charge in [0.1, 0.15) is 0 Å². The molecule has 0 saturated carbocycles. The number of carboxylic acid groups (broad SMARTS) is 1. The molecule has 0 fully saturated rings. The monoisotopic (exact) mass is 311 g/mol. The molecule has 2 rings (SSSR count). The van der Waals surface area contributed by atoms with E-state index in [0.29, 0.717) is 13.0 Å². The Morgan fingerprint density at radius 1 is 0.870 bits per heavy atom. The van der Waals surface area contributed by atoms with Crippen molar-refractivity contribution in [3.05, 3.63) is 71.8 Å².